The highest BCUT2D eigenvalue weighted by atomic mass is 35.5. The van der Waals surface area contributed by atoms with Gasteiger partial charge in [-0.3, -0.25) is 4.98 Å². The molecular weight excluding hydrogens is 412 g/mol. The van der Waals surface area contributed by atoms with Crippen LogP contribution in [0.5, 0.6) is 11.5 Å². The second kappa shape index (κ2) is 7.82. The van der Waals surface area contributed by atoms with Crippen LogP contribution in [0.25, 0.3) is 10.8 Å². The molecule has 1 aromatic heterocycles. The van der Waals surface area contributed by atoms with Crippen LogP contribution in [0, 0.1) is 0 Å². The van der Waals surface area contributed by atoms with Crippen molar-refractivity contribution in [2.24, 2.45) is 0 Å². The number of fused-ring (bicyclic) bond motifs is 1. The summed E-state index contributed by atoms with van der Waals surface area (Å²) < 4.78 is 38.5. The van der Waals surface area contributed by atoms with Gasteiger partial charge in [-0.25, -0.2) is 8.42 Å². The Labute approximate surface area is 175 Å². The van der Waals surface area contributed by atoms with Crippen molar-refractivity contribution in [1.82, 2.24) is 9.29 Å². The van der Waals surface area contributed by atoms with Gasteiger partial charge in [-0.1, -0.05) is 35.9 Å². The molecule has 1 fully saturated rings. The molecule has 0 spiro atoms. The Kier molecular flexibility index (Phi) is 5.38. The van der Waals surface area contributed by atoms with Crippen LogP contribution in [0.3, 0.4) is 0 Å². The molecule has 1 saturated heterocycles. The molecule has 6 nitrogen and oxygen atoms in total. The maximum atomic E-state index is 13.3. The number of aromatic nitrogens is 1. The third kappa shape index (κ3) is 3.66. The minimum Gasteiger partial charge on any atom is -0.495 e. The number of halogens is 1. The molecule has 29 heavy (non-hydrogen) atoms. The molecule has 4 rings (SSSR count). The highest BCUT2D eigenvalue weighted by Crippen LogP contribution is 2.38. The van der Waals surface area contributed by atoms with E-state index < -0.39 is 10.0 Å². The molecule has 8 heteroatoms. The lowest BCUT2D eigenvalue weighted by Gasteiger charge is -2.19. The highest BCUT2D eigenvalue weighted by molar-refractivity contribution is 7.89. The quantitative estimate of drug-likeness (QED) is 0.607. The third-order valence-electron chi connectivity index (χ3n) is 5.28. The van der Waals surface area contributed by atoms with Crippen LogP contribution in [0.1, 0.15) is 18.0 Å². The lowest BCUT2D eigenvalue weighted by atomic mass is 10.0. The van der Waals surface area contributed by atoms with Crippen LogP contribution in [0.4, 0.5) is 0 Å². The molecule has 1 atom stereocenters. The Morgan fingerprint density at radius 1 is 1.07 bits per heavy atom. The second-order valence-electron chi connectivity index (χ2n) is 6.94. The Bertz CT molecular complexity index is 1170. The first kappa shape index (κ1) is 19.9. The summed E-state index contributed by atoms with van der Waals surface area (Å²) in [7, 11) is -0.879. The molecule has 3 aromatic rings. The zero-order valence-electron chi connectivity index (χ0n) is 16.1. The first-order valence-electron chi connectivity index (χ1n) is 9.20. The van der Waals surface area contributed by atoms with Gasteiger partial charge in [-0.15, -0.1) is 0 Å². The van der Waals surface area contributed by atoms with Crippen molar-refractivity contribution in [2.45, 2.75) is 17.2 Å². The van der Waals surface area contributed by atoms with Gasteiger partial charge in [0.1, 0.15) is 16.4 Å². The van der Waals surface area contributed by atoms with Gasteiger partial charge in [-0.05, 0) is 23.9 Å². The third-order valence-corrected chi connectivity index (χ3v) is 7.46. The Morgan fingerprint density at radius 2 is 1.79 bits per heavy atom. The SMILES string of the molecule is COc1cc(OC)c(S(=O)(=O)N2CCC(c3cc4ccccc4cn3)C2)cc1Cl. The van der Waals surface area contributed by atoms with Crippen molar-refractivity contribution < 1.29 is 17.9 Å². The summed E-state index contributed by atoms with van der Waals surface area (Å²) in [5.41, 5.74) is 0.904. The minimum absolute atomic E-state index is 0.0362. The maximum Gasteiger partial charge on any atom is 0.246 e. The van der Waals surface area contributed by atoms with E-state index in [0.29, 0.717) is 25.3 Å². The number of ether oxygens (including phenoxy) is 2. The molecule has 0 aliphatic carbocycles. The number of hydrogen-bond donors (Lipinski definition) is 0. The van der Waals surface area contributed by atoms with E-state index in [4.69, 9.17) is 21.1 Å². The zero-order chi connectivity index (χ0) is 20.6. The number of nitrogens with zero attached hydrogens (tertiary/aromatic N) is 2. The van der Waals surface area contributed by atoms with Crippen LogP contribution in [0.2, 0.25) is 5.02 Å². The summed E-state index contributed by atoms with van der Waals surface area (Å²) in [5, 5.41) is 2.39. The standard InChI is InChI=1S/C21H21ClN2O4S/c1-27-19-11-20(28-2)21(10-17(19)22)29(25,26)24-8-7-16(13-24)18-9-14-5-3-4-6-15(14)12-23-18/h3-6,9-12,16H,7-8,13H2,1-2H3. The molecular formula is C21H21ClN2O4S. The minimum atomic E-state index is -3.77. The zero-order valence-corrected chi connectivity index (χ0v) is 17.7. The Hall–Kier alpha value is -2.35. The number of methoxy groups -OCH3 is 2. The lowest BCUT2D eigenvalue weighted by Crippen LogP contribution is -2.29. The molecule has 1 aliphatic rings. The molecule has 152 valence electrons. The van der Waals surface area contributed by atoms with E-state index in [2.05, 4.69) is 4.98 Å². The van der Waals surface area contributed by atoms with Gasteiger partial charge in [-0.2, -0.15) is 4.31 Å². The highest BCUT2D eigenvalue weighted by Gasteiger charge is 2.36. The molecule has 0 saturated carbocycles. The lowest BCUT2D eigenvalue weighted by molar-refractivity contribution is 0.383. The van der Waals surface area contributed by atoms with E-state index in [-0.39, 0.29) is 21.6 Å². The van der Waals surface area contributed by atoms with E-state index in [1.807, 2.05) is 36.5 Å². The molecule has 2 aromatic carbocycles. The maximum absolute atomic E-state index is 13.3. The van der Waals surface area contributed by atoms with Gasteiger partial charge in [0.25, 0.3) is 0 Å². The van der Waals surface area contributed by atoms with Crippen molar-refractivity contribution in [3.05, 3.63) is 59.4 Å². The number of benzene rings is 2. The van der Waals surface area contributed by atoms with Crippen LogP contribution in [0.15, 0.2) is 53.6 Å². The van der Waals surface area contributed by atoms with E-state index in [1.165, 1.54) is 30.7 Å². The van der Waals surface area contributed by atoms with Crippen molar-refractivity contribution in [2.75, 3.05) is 27.3 Å². The summed E-state index contributed by atoms with van der Waals surface area (Å²) in [5.74, 6) is 0.606. The topological polar surface area (TPSA) is 68.7 Å². The fourth-order valence-electron chi connectivity index (χ4n) is 3.68. The summed E-state index contributed by atoms with van der Waals surface area (Å²) in [6.45, 7) is 0.773. The van der Waals surface area contributed by atoms with Crippen LogP contribution < -0.4 is 9.47 Å². The normalized spacial score (nSPS) is 17.6. The predicted molar refractivity (Wildman–Crippen MR) is 112 cm³/mol. The average Bonchev–Trinajstić information content (AvgIpc) is 3.24. The number of hydrogen-bond acceptors (Lipinski definition) is 5. The van der Waals surface area contributed by atoms with Crippen LogP contribution in [-0.2, 0) is 10.0 Å². The molecule has 1 aliphatic heterocycles. The van der Waals surface area contributed by atoms with Crippen molar-refractivity contribution in [3.8, 4) is 11.5 Å². The van der Waals surface area contributed by atoms with E-state index in [9.17, 15) is 8.42 Å². The molecule has 0 N–H and O–H groups in total. The van der Waals surface area contributed by atoms with Gasteiger partial charge >= 0.3 is 0 Å². The fraction of sp³-hybridized carbons (Fsp3) is 0.286. The summed E-state index contributed by atoms with van der Waals surface area (Å²) in [6.07, 6.45) is 2.55. The predicted octanol–water partition coefficient (Wildman–Crippen LogP) is 4.08. The second-order valence-corrected chi connectivity index (χ2v) is 9.26. The van der Waals surface area contributed by atoms with Gasteiger partial charge in [0.15, 0.2) is 0 Å². The van der Waals surface area contributed by atoms with Crippen LogP contribution in [-0.4, -0.2) is 45.0 Å². The number of rotatable bonds is 5. The summed E-state index contributed by atoms with van der Waals surface area (Å²) in [4.78, 5) is 4.60. The van der Waals surface area contributed by atoms with Gasteiger partial charge in [0.05, 0.1) is 19.2 Å². The fourth-order valence-corrected chi connectivity index (χ4v) is 5.65. The summed E-state index contributed by atoms with van der Waals surface area (Å²) in [6, 6.07) is 12.9. The van der Waals surface area contributed by atoms with Gasteiger partial charge < -0.3 is 9.47 Å². The average molecular weight is 433 g/mol. The van der Waals surface area contributed by atoms with E-state index >= 15 is 0 Å². The van der Waals surface area contributed by atoms with E-state index in [0.717, 1.165) is 16.5 Å². The molecule has 0 radical (unpaired) electrons. The van der Waals surface area contributed by atoms with E-state index in [1.54, 1.807) is 0 Å². The summed E-state index contributed by atoms with van der Waals surface area (Å²) >= 11 is 6.18. The molecule has 0 amide bonds. The van der Waals surface area contributed by atoms with Crippen molar-refractivity contribution in [1.29, 1.82) is 0 Å². The van der Waals surface area contributed by atoms with Crippen molar-refractivity contribution >= 4 is 32.4 Å². The smallest absolute Gasteiger partial charge is 0.246 e. The Balaban J connectivity index is 1.63. The van der Waals surface area contributed by atoms with Gasteiger partial charge in [0.2, 0.25) is 10.0 Å². The first-order valence-corrected chi connectivity index (χ1v) is 11.0. The van der Waals surface area contributed by atoms with Crippen LogP contribution >= 0.6 is 11.6 Å². The number of pyridine rings is 1. The largest absolute Gasteiger partial charge is 0.495 e. The molecule has 1 unspecified atom stereocenters. The first-order chi connectivity index (χ1) is 13.9. The number of sulfonamides is 1. The molecule has 0 bridgehead atoms. The van der Waals surface area contributed by atoms with Crippen molar-refractivity contribution in [3.63, 3.8) is 0 Å². The monoisotopic (exact) mass is 432 g/mol. The van der Waals surface area contributed by atoms with Gasteiger partial charge in [0, 0.05) is 42.4 Å². The Morgan fingerprint density at radius 3 is 2.52 bits per heavy atom. The molecule has 2 heterocycles.